The van der Waals surface area contributed by atoms with Crippen LogP contribution in [0.4, 0.5) is 0 Å². The Morgan fingerprint density at radius 1 is 1.20 bits per heavy atom. The van der Waals surface area contributed by atoms with E-state index >= 15 is 0 Å². The van der Waals surface area contributed by atoms with E-state index in [0.29, 0.717) is 0 Å². The monoisotopic (exact) mass is 196 g/mol. The number of methoxy groups -OCH3 is 1. The molecular weight excluding hydrogens is 183 g/mol. The normalized spacial score (nSPS) is 10.2. The van der Waals surface area contributed by atoms with E-state index in [0.717, 1.165) is 11.3 Å². The SMILES string of the molecule is Bc1ccc2cc(OC)c(C=C)cc2c1. The maximum atomic E-state index is 5.30. The first-order chi connectivity index (χ1) is 7.24. The molecule has 0 radical (unpaired) electrons. The highest BCUT2D eigenvalue weighted by Crippen LogP contribution is 2.25. The van der Waals surface area contributed by atoms with Crippen LogP contribution in [0.2, 0.25) is 0 Å². The summed E-state index contributed by atoms with van der Waals surface area (Å²) in [6.45, 7) is 3.79. The molecule has 0 atom stereocenters. The lowest BCUT2D eigenvalue weighted by molar-refractivity contribution is 0.414. The molecule has 0 saturated heterocycles. The standard InChI is InChI=1S/C13H13BO/c1-3-9-6-11-7-12(14)5-4-10(11)8-13(9)15-2/h3-8H,1,14H2,2H3. The van der Waals surface area contributed by atoms with Crippen molar-refractivity contribution in [1.29, 1.82) is 0 Å². The second kappa shape index (κ2) is 3.81. The van der Waals surface area contributed by atoms with E-state index in [-0.39, 0.29) is 0 Å². The average molecular weight is 196 g/mol. The number of rotatable bonds is 2. The fourth-order valence-corrected chi connectivity index (χ4v) is 1.75. The molecule has 0 bridgehead atoms. The van der Waals surface area contributed by atoms with E-state index in [1.165, 1.54) is 16.2 Å². The Labute approximate surface area is 90.8 Å². The van der Waals surface area contributed by atoms with Crippen LogP contribution in [0, 0.1) is 0 Å². The van der Waals surface area contributed by atoms with Crippen molar-refractivity contribution in [3.8, 4) is 5.75 Å². The van der Waals surface area contributed by atoms with Gasteiger partial charge >= 0.3 is 0 Å². The molecule has 0 unspecified atom stereocenters. The van der Waals surface area contributed by atoms with E-state index < -0.39 is 0 Å². The molecule has 2 heteroatoms. The lowest BCUT2D eigenvalue weighted by Crippen LogP contribution is -2.00. The summed E-state index contributed by atoms with van der Waals surface area (Å²) < 4.78 is 5.30. The molecule has 0 aliphatic rings. The smallest absolute Gasteiger partial charge is 0.139 e. The fourth-order valence-electron chi connectivity index (χ4n) is 1.75. The first-order valence-corrected chi connectivity index (χ1v) is 4.95. The highest BCUT2D eigenvalue weighted by Gasteiger charge is 2.02. The lowest BCUT2D eigenvalue weighted by Gasteiger charge is -2.07. The molecule has 0 amide bonds. The summed E-state index contributed by atoms with van der Waals surface area (Å²) in [6.07, 6.45) is 1.82. The highest BCUT2D eigenvalue weighted by molar-refractivity contribution is 6.33. The molecular formula is C13H13BO. The molecule has 0 aliphatic heterocycles. The molecule has 2 aromatic carbocycles. The van der Waals surface area contributed by atoms with Gasteiger partial charge in [-0.3, -0.25) is 0 Å². The van der Waals surface area contributed by atoms with Gasteiger partial charge in [-0.25, -0.2) is 0 Å². The Balaban J connectivity index is 2.75. The first kappa shape index (κ1) is 9.84. The minimum absolute atomic E-state index is 0.876. The van der Waals surface area contributed by atoms with Crippen molar-refractivity contribution in [2.75, 3.05) is 7.11 Å². The summed E-state index contributed by atoms with van der Waals surface area (Å²) in [5.74, 6) is 0.876. The Kier molecular flexibility index (Phi) is 2.50. The zero-order chi connectivity index (χ0) is 10.8. The zero-order valence-electron chi connectivity index (χ0n) is 9.08. The summed E-state index contributed by atoms with van der Waals surface area (Å²) in [7, 11) is 3.78. The van der Waals surface area contributed by atoms with Gasteiger partial charge in [0.15, 0.2) is 0 Å². The van der Waals surface area contributed by atoms with Gasteiger partial charge in [0, 0.05) is 5.56 Å². The molecule has 0 N–H and O–H groups in total. The predicted molar refractivity (Wildman–Crippen MR) is 68.8 cm³/mol. The molecule has 0 spiro atoms. The van der Waals surface area contributed by atoms with Crippen molar-refractivity contribution in [2.24, 2.45) is 0 Å². The first-order valence-electron chi connectivity index (χ1n) is 4.95. The minimum Gasteiger partial charge on any atom is -0.496 e. The maximum Gasteiger partial charge on any atom is 0.139 e. The van der Waals surface area contributed by atoms with E-state index in [2.05, 4.69) is 38.7 Å². The van der Waals surface area contributed by atoms with Crippen molar-refractivity contribution in [2.45, 2.75) is 0 Å². The van der Waals surface area contributed by atoms with Gasteiger partial charge in [0.05, 0.1) is 7.11 Å². The van der Waals surface area contributed by atoms with Crippen molar-refractivity contribution in [1.82, 2.24) is 0 Å². The van der Waals surface area contributed by atoms with Crippen LogP contribution in [0.15, 0.2) is 36.9 Å². The summed E-state index contributed by atoms with van der Waals surface area (Å²) in [4.78, 5) is 0. The van der Waals surface area contributed by atoms with Crippen LogP contribution < -0.4 is 10.2 Å². The van der Waals surface area contributed by atoms with E-state index in [9.17, 15) is 0 Å². The largest absolute Gasteiger partial charge is 0.496 e. The van der Waals surface area contributed by atoms with Gasteiger partial charge < -0.3 is 4.74 Å². The number of ether oxygens (including phenoxy) is 1. The Bertz CT molecular complexity index is 517. The second-order valence-corrected chi connectivity index (χ2v) is 3.65. The minimum atomic E-state index is 0.876. The highest BCUT2D eigenvalue weighted by atomic mass is 16.5. The molecule has 0 saturated carbocycles. The number of fused-ring (bicyclic) bond motifs is 1. The van der Waals surface area contributed by atoms with Crippen LogP contribution in [-0.4, -0.2) is 15.0 Å². The molecule has 2 aromatic rings. The molecule has 2 rings (SSSR count). The third-order valence-electron chi connectivity index (χ3n) is 2.56. The molecule has 74 valence electrons. The fraction of sp³-hybridized carbons (Fsp3) is 0.0769. The van der Waals surface area contributed by atoms with E-state index in [4.69, 9.17) is 4.74 Å². The number of hydrogen-bond donors (Lipinski definition) is 0. The van der Waals surface area contributed by atoms with E-state index in [1.54, 1.807) is 7.11 Å². The zero-order valence-corrected chi connectivity index (χ0v) is 9.08. The van der Waals surface area contributed by atoms with Gasteiger partial charge in [0.1, 0.15) is 13.6 Å². The Hall–Kier alpha value is -1.70. The molecule has 1 nitrogen and oxygen atoms in total. The van der Waals surface area contributed by atoms with Gasteiger partial charge in [0.2, 0.25) is 0 Å². The average Bonchev–Trinajstić information content (AvgIpc) is 2.27. The second-order valence-electron chi connectivity index (χ2n) is 3.65. The van der Waals surface area contributed by atoms with E-state index in [1.807, 2.05) is 12.1 Å². The Morgan fingerprint density at radius 2 is 2.00 bits per heavy atom. The van der Waals surface area contributed by atoms with Crippen molar-refractivity contribution < 1.29 is 4.74 Å². The summed E-state index contributed by atoms with van der Waals surface area (Å²) in [5.41, 5.74) is 2.30. The number of benzene rings is 2. The molecule has 15 heavy (non-hydrogen) atoms. The maximum absolute atomic E-state index is 5.30. The molecule has 0 aliphatic carbocycles. The van der Waals surface area contributed by atoms with Gasteiger partial charge in [0.25, 0.3) is 0 Å². The summed E-state index contributed by atoms with van der Waals surface area (Å²) in [6, 6.07) is 10.5. The van der Waals surface area contributed by atoms with Crippen LogP contribution in [0.3, 0.4) is 0 Å². The molecule has 0 heterocycles. The summed E-state index contributed by atoms with van der Waals surface area (Å²) in [5, 5.41) is 2.42. The van der Waals surface area contributed by atoms with Crippen LogP contribution in [0.5, 0.6) is 5.75 Å². The van der Waals surface area contributed by atoms with Crippen molar-refractivity contribution in [3.63, 3.8) is 0 Å². The third-order valence-corrected chi connectivity index (χ3v) is 2.56. The van der Waals surface area contributed by atoms with Gasteiger partial charge in [-0.15, -0.1) is 0 Å². The van der Waals surface area contributed by atoms with Gasteiger partial charge in [-0.1, -0.05) is 36.3 Å². The summed E-state index contributed by atoms with van der Waals surface area (Å²) >= 11 is 0. The molecule has 0 fully saturated rings. The number of hydrogen-bond acceptors (Lipinski definition) is 1. The Morgan fingerprint density at radius 3 is 2.67 bits per heavy atom. The van der Waals surface area contributed by atoms with Crippen molar-refractivity contribution in [3.05, 3.63) is 42.5 Å². The van der Waals surface area contributed by atoms with Gasteiger partial charge in [-0.05, 0) is 22.9 Å². The van der Waals surface area contributed by atoms with Gasteiger partial charge in [-0.2, -0.15) is 0 Å². The quantitative estimate of drug-likeness (QED) is 0.665. The van der Waals surface area contributed by atoms with Crippen molar-refractivity contribution >= 4 is 30.2 Å². The topological polar surface area (TPSA) is 9.23 Å². The predicted octanol–water partition coefficient (Wildman–Crippen LogP) is 1.75. The van der Waals surface area contributed by atoms with Crippen LogP contribution in [0.25, 0.3) is 16.8 Å². The molecule has 0 aromatic heterocycles. The van der Waals surface area contributed by atoms with Crippen LogP contribution in [0.1, 0.15) is 5.56 Å². The third kappa shape index (κ3) is 1.75. The van der Waals surface area contributed by atoms with Crippen LogP contribution >= 0.6 is 0 Å². The lowest BCUT2D eigenvalue weighted by atomic mass is 9.93. The van der Waals surface area contributed by atoms with Crippen LogP contribution in [-0.2, 0) is 0 Å².